The van der Waals surface area contributed by atoms with Crippen molar-refractivity contribution in [2.45, 2.75) is 52.4 Å². The van der Waals surface area contributed by atoms with Crippen LogP contribution in [0.15, 0.2) is 11.1 Å². The van der Waals surface area contributed by atoms with Gasteiger partial charge in [0.25, 0.3) is 0 Å². The van der Waals surface area contributed by atoms with E-state index in [9.17, 15) is 0 Å². The molecule has 3 fully saturated rings. The van der Waals surface area contributed by atoms with Crippen LogP contribution in [-0.2, 0) is 31.2 Å². The van der Waals surface area contributed by atoms with E-state index in [-0.39, 0.29) is 21.7 Å². The fraction of sp³-hybridized carbons (Fsp3) is 0.417. The second-order valence-corrected chi connectivity index (χ2v) is 5.87. The zero-order valence-electron chi connectivity index (χ0n) is 16.7. The van der Waals surface area contributed by atoms with E-state index in [2.05, 4.69) is 12.5 Å². The van der Waals surface area contributed by atoms with Crippen LogP contribution in [0.2, 0.25) is 0 Å². The van der Waals surface area contributed by atoms with Gasteiger partial charge >= 0.3 is 21.7 Å². The molecule has 0 N–H and O–H groups in total. The van der Waals surface area contributed by atoms with Crippen LogP contribution >= 0.6 is 0 Å². The molecule has 0 saturated heterocycles. The molecule has 3 rings (SSSR count). The number of ether oxygens (including phenoxy) is 2. The Bertz CT molecular complexity index is 317. The van der Waals surface area contributed by atoms with Gasteiger partial charge in [-0.15, -0.1) is 12.8 Å². The Kier molecular flexibility index (Phi) is 20.4. The van der Waals surface area contributed by atoms with Crippen LogP contribution in [0.25, 0.3) is 0 Å². The Morgan fingerprint density at radius 3 is 1.15 bits per heavy atom. The zero-order valence-corrected chi connectivity index (χ0v) is 18.3. The third-order valence-electron chi connectivity index (χ3n) is 3.76. The Morgan fingerprint density at radius 2 is 0.889 bits per heavy atom. The Hall–Kier alpha value is -0.206. The summed E-state index contributed by atoms with van der Waals surface area (Å²) >= 11 is 0. The van der Waals surface area contributed by atoms with E-state index in [0.717, 1.165) is 24.0 Å². The Morgan fingerprint density at radius 1 is 0.593 bits per heavy atom. The maximum absolute atomic E-state index is 5.28. The molecule has 0 aromatic carbocycles. The molecule has 3 heteroatoms. The van der Waals surface area contributed by atoms with Gasteiger partial charge in [0.05, 0.1) is 13.2 Å². The van der Waals surface area contributed by atoms with Crippen molar-refractivity contribution in [3.05, 3.63) is 87.9 Å². The molecule has 3 aliphatic carbocycles. The number of hydrogen-bond donors (Lipinski definition) is 0. The molecule has 0 aromatic rings. The van der Waals surface area contributed by atoms with Gasteiger partial charge in [-0.2, -0.15) is 12.5 Å². The van der Waals surface area contributed by atoms with Gasteiger partial charge in [-0.3, -0.25) is 0 Å². The summed E-state index contributed by atoms with van der Waals surface area (Å²) in [6.45, 7) is 5.30. The van der Waals surface area contributed by atoms with Crippen molar-refractivity contribution >= 4 is 0 Å². The monoisotopic (exact) mass is 400 g/mol. The topological polar surface area (TPSA) is 18.5 Å². The third-order valence-corrected chi connectivity index (χ3v) is 3.76. The second kappa shape index (κ2) is 20.5. The molecule has 0 bridgehead atoms. The van der Waals surface area contributed by atoms with E-state index in [1.165, 1.54) is 25.7 Å². The van der Waals surface area contributed by atoms with Crippen LogP contribution in [0.3, 0.4) is 0 Å². The van der Waals surface area contributed by atoms with E-state index in [0.29, 0.717) is 13.2 Å². The molecule has 27 heavy (non-hydrogen) atoms. The first kappa shape index (κ1) is 26.8. The van der Waals surface area contributed by atoms with Crippen molar-refractivity contribution in [1.82, 2.24) is 0 Å². The fourth-order valence-corrected chi connectivity index (χ4v) is 2.44. The van der Waals surface area contributed by atoms with Gasteiger partial charge < -0.3 is 20.6 Å². The summed E-state index contributed by atoms with van der Waals surface area (Å²) in [5, 5.41) is 0. The van der Waals surface area contributed by atoms with Crippen LogP contribution in [0, 0.1) is 76.7 Å². The van der Waals surface area contributed by atoms with E-state index in [1.54, 1.807) is 0 Å². The summed E-state index contributed by atoms with van der Waals surface area (Å²) in [7, 11) is 0. The predicted octanol–water partition coefficient (Wildman–Crippen LogP) is 5.83. The van der Waals surface area contributed by atoms with Crippen LogP contribution in [0.4, 0.5) is 0 Å². The van der Waals surface area contributed by atoms with Crippen molar-refractivity contribution < 1.29 is 31.2 Å². The van der Waals surface area contributed by atoms with Gasteiger partial charge in [-0.05, 0) is 78.1 Å². The van der Waals surface area contributed by atoms with Crippen LogP contribution in [-0.4, -0.2) is 13.2 Å². The van der Waals surface area contributed by atoms with Gasteiger partial charge in [-0.1, -0.05) is 25.7 Å². The minimum atomic E-state index is 0. The molecule has 0 heterocycles. The van der Waals surface area contributed by atoms with E-state index < -0.39 is 0 Å². The molecular formula is C24H32O2Ti. The molecule has 0 aromatic heterocycles. The standard InChI is InChI=1S/C14H22O2.2C5H5.Ti/c1-3-15-11-13-9-7-5-6-8-10-14(13)12-16-4-2;2*1-2-4-5-3-1;/h3-10H2,1-2H3;2*1-5H;/q-2;;;+2. The molecule has 0 atom stereocenters. The first-order valence-corrected chi connectivity index (χ1v) is 9.69. The number of allylic oxidation sites excluding steroid dienone is 2. The molecule has 0 amide bonds. The minimum Gasteiger partial charge on any atom is -0.612 e. The Balaban J connectivity index is 0.000000496. The summed E-state index contributed by atoms with van der Waals surface area (Å²) in [5.41, 5.74) is 2.30. The molecule has 3 saturated carbocycles. The quantitative estimate of drug-likeness (QED) is 0.336. The summed E-state index contributed by atoms with van der Waals surface area (Å²) in [4.78, 5) is 0. The summed E-state index contributed by atoms with van der Waals surface area (Å²) in [5.74, 6) is 0. The van der Waals surface area contributed by atoms with Crippen molar-refractivity contribution in [2.75, 3.05) is 13.2 Å². The molecule has 144 valence electrons. The first-order chi connectivity index (χ1) is 12.9. The SMILES string of the molecule is CCO[C-]=C1CCCCCCC1=[C-]OCC.[CH]1[CH][CH][CH][CH]1.[CH]1[CH][CH][CH][CH]1.[Ti+2]. The summed E-state index contributed by atoms with van der Waals surface area (Å²) in [6, 6.07) is 0. The van der Waals surface area contributed by atoms with Gasteiger partial charge in [0.1, 0.15) is 0 Å². The molecular weight excluding hydrogens is 368 g/mol. The normalized spacial score (nSPS) is 22.4. The fourth-order valence-electron chi connectivity index (χ4n) is 2.44. The smallest absolute Gasteiger partial charge is 0.612 e. The van der Waals surface area contributed by atoms with Gasteiger partial charge in [-0.25, -0.2) is 0 Å². The van der Waals surface area contributed by atoms with Crippen molar-refractivity contribution in [1.29, 1.82) is 0 Å². The van der Waals surface area contributed by atoms with E-state index >= 15 is 0 Å². The maximum Gasteiger partial charge on any atom is 2.00 e. The maximum atomic E-state index is 5.28. The molecule has 0 spiro atoms. The number of rotatable bonds is 4. The average molecular weight is 400 g/mol. The van der Waals surface area contributed by atoms with Gasteiger partial charge in [0.2, 0.25) is 0 Å². The third kappa shape index (κ3) is 15.4. The predicted molar refractivity (Wildman–Crippen MR) is 107 cm³/mol. The average Bonchev–Trinajstić information content (AvgIpc) is 3.38. The van der Waals surface area contributed by atoms with Gasteiger partial charge in [0, 0.05) is 0 Å². The van der Waals surface area contributed by atoms with Crippen molar-refractivity contribution in [2.24, 2.45) is 0 Å². The van der Waals surface area contributed by atoms with Crippen molar-refractivity contribution in [3.63, 3.8) is 0 Å². The summed E-state index contributed by atoms with van der Waals surface area (Å²) in [6.07, 6.45) is 33.2. The first-order valence-electron chi connectivity index (χ1n) is 9.69. The minimum absolute atomic E-state index is 0. The second-order valence-electron chi connectivity index (χ2n) is 5.87. The van der Waals surface area contributed by atoms with Crippen LogP contribution in [0.5, 0.6) is 0 Å². The van der Waals surface area contributed by atoms with Crippen molar-refractivity contribution in [3.8, 4) is 0 Å². The van der Waals surface area contributed by atoms with Crippen LogP contribution < -0.4 is 0 Å². The summed E-state index contributed by atoms with van der Waals surface area (Å²) < 4.78 is 10.6. The van der Waals surface area contributed by atoms with E-state index in [4.69, 9.17) is 9.47 Å². The Labute approximate surface area is 184 Å². The number of hydrogen-bond acceptors (Lipinski definition) is 2. The van der Waals surface area contributed by atoms with E-state index in [1.807, 2.05) is 78.1 Å². The zero-order chi connectivity index (χ0) is 18.7. The molecule has 10 radical (unpaired) electrons. The molecule has 0 unspecified atom stereocenters. The molecule has 2 nitrogen and oxygen atoms in total. The van der Waals surface area contributed by atoms with Crippen LogP contribution in [0.1, 0.15) is 52.4 Å². The molecule has 3 aliphatic rings. The largest absolute Gasteiger partial charge is 2.00 e. The molecule has 0 aliphatic heterocycles. The van der Waals surface area contributed by atoms with Gasteiger partial charge in [0.15, 0.2) is 0 Å².